The van der Waals surface area contributed by atoms with E-state index in [0.717, 1.165) is 59.6 Å². The van der Waals surface area contributed by atoms with E-state index in [4.69, 9.17) is 14.5 Å². The summed E-state index contributed by atoms with van der Waals surface area (Å²) in [6.07, 6.45) is 0. The number of aromatic nitrogens is 1. The van der Waals surface area contributed by atoms with Crippen molar-refractivity contribution in [2.75, 3.05) is 58.4 Å². The Bertz CT molecular complexity index is 997. The molecule has 0 saturated carbocycles. The van der Waals surface area contributed by atoms with Crippen molar-refractivity contribution in [3.8, 4) is 11.5 Å². The Hall–Kier alpha value is -2.84. The molecule has 1 aromatic heterocycles. The Morgan fingerprint density at radius 1 is 1.03 bits per heavy atom. The number of hydrogen-bond donors (Lipinski definition) is 1. The summed E-state index contributed by atoms with van der Waals surface area (Å²) in [5.41, 5.74) is 1.66. The molecule has 1 amide bonds. The molecular formula is C22H26N4O3S. The number of nitrogens with zero attached hydrogens (tertiary/aromatic N) is 3. The summed E-state index contributed by atoms with van der Waals surface area (Å²) in [5.74, 6) is 1.55. The highest BCUT2D eigenvalue weighted by molar-refractivity contribution is 7.22. The normalized spacial score (nSPS) is 14.7. The first-order valence-corrected chi connectivity index (χ1v) is 10.8. The van der Waals surface area contributed by atoms with Gasteiger partial charge in [-0.25, -0.2) is 4.98 Å². The average molecular weight is 427 g/mol. The second kappa shape index (κ2) is 9.32. The van der Waals surface area contributed by atoms with Crippen molar-refractivity contribution in [3.05, 3.63) is 48.0 Å². The number of thiazole rings is 1. The second-order valence-corrected chi connectivity index (χ2v) is 8.15. The number of fused-ring (bicyclic) bond motifs is 1. The van der Waals surface area contributed by atoms with Crippen molar-refractivity contribution in [1.82, 2.24) is 15.2 Å². The molecule has 0 atom stereocenters. The van der Waals surface area contributed by atoms with Gasteiger partial charge in [-0.2, -0.15) is 0 Å². The second-order valence-electron chi connectivity index (χ2n) is 7.14. The standard InChI is InChI=1S/C22H26N4O3S/c1-28-17-5-3-16(4-6-17)21(27)23-9-10-25-11-13-26(14-12-25)22-24-19-8-7-18(29-2)15-20(19)30-22/h3-8,15H,9-14H2,1-2H3,(H,23,27). The van der Waals surface area contributed by atoms with Gasteiger partial charge >= 0.3 is 0 Å². The summed E-state index contributed by atoms with van der Waals surface area (Å²) in [4.78, 5) is 21.7. The van der Waals surface area contributed by atoms with Gasteiger partial charge < -0.3 is 19.7 Å². The van der Waals surface area contributed by atoms with Crippen LogP contribution >= 0.6 is 11.3 Å². The third-order valence-corrected chi connectivity index (χ3v) is 6.37. The van der Waals surface area contributed by atoms with Crippen LogP contribution in [0.2, 0.25) is 0 Å². The number of amides is 1. The Morgan fingerprint density at radius 3 is 2.43 bits per heavy atom. The highest BCUT2D eigenvalue weighted by atomic mass is 32.1. The molecule has 1 fully saturated rings. The van der Waals surface area contributed by atoms with Gasteiger partial charge in [0.15, 0.2) is 5.13 Å². The molecule has 3 aromatic rings. The monoisotopic (exact) mass is 426 g/mol. The van der Waals surface area contributed by atoms with Gasteiger partial charge in [0.1, 0.15) is 11.5 Å². The topological polar surface area (TPSA) is 66.9 Å². The molecule has 1 aliphatic rings. The summed E-state index contributed by atoms with van der Waals surface area (Å²) >= 11 is 1.71. The molecule has 30 heavy (non-hydrogen) atoms. The predicted octanol–water partition coefficient (Wildman–Crippen LogP) is 2.87. The predicted molar refractivity (Wildman–Crippen MR) is 120 cm³/mol. The van der Waals surface area contributed by atoms with Crippen LogP contribution in [0.25, 0.3) is 10.2 Å². The first-order valence-electron chi connectivity index (χ1n) is 10.0. The summed E-state index contributed by atoms with van der Waals surface area (Å²) in [6.45, 7) is 5.25. The van der Waals surface area contributed by atoms with Crippen LogP contribution in [0.15, 0.2) is 42.5 Å². The average Bonchev–Trinajstić information content (AvgIpc) is 3.22. The number of rotatable bonds is 7. The molecule has 0 spiro atoms. The van der Waals surface area contributed by atoms with Crippen molar-refractivity contribution >= 4 is 32.6 Å². The molecule has 0 unspecified atom stereocenters. The van der Waals surface area contributed by atoms with Crippen LogP contribution in [0.1, 0.15) is 10.4 Å². The van der Waals surface area contributed by atoms with Crippen LogP contribution in [0.3, 0.4) is 0 Å². The Balaban J connectivity index is 1.24. The Morgan fingerprint density at radius 2 is 1.73 bits per heavy atom. The summed E-state index contributed by atoms with van der Waals surface area (Å²) < 4.78 is 11.6. The number of methoxy groups -OCH3 is 2. The molecular weight excluding hydrogens is 400 g/mol. The molecule has 0 radical (unpaired) electrons. The van der Waals surface area contributed by atoms with E-state index in [1.54, 1.807) is 49.8 Å². The van der Waals surface area contributed by atoms with Crippen molar-refractivity contribution < 1.29 is 14.3 Å². The van der Waals surface area contributed by atoms with Crippen molar-refractivity contribution in [2.45, 2.75) is 0 Å². The van der Waals surface area contributed by atoms with Crippen molar-refractivity contribution in [2.24, 2.45) is 0 Å². The number of carbonyl (C=O) groups is 1. The number of benzene rings is 2. The van der Waals surface area contributed by atoms with Crippen molar-refractivity contribution in [1.29, 1.82) is 0 Å². The third kappa shape index (κ3) is 4.66. The van der Waals surface area contributed by atoms with Gasteiger partial charge in [-0.3, -0.25) is 9.69 Å². The van der Waals surface area contributed by atoms with Crippen molar-refractivity contribution in [3.63, 3.8) is 0 Å². The zero-order chi connectivity index (χ0) is 20.9. The van der Waals surface area contributed by atoms with Gasteiger partial charge in [0.05, 0.1) is 24.4 Å². The smallest absolute Gasteiger partial charge is 0.251 e. The molecule has 2 aromatic carbocycles. The molecule has 158 valence electrons. The lowest BCUT2D eigenvalue weighted by atomic mass is 10.2. The van der Waals surface area contributed by atoms with E-state index in [2.05, 4.69) is 15.1 Å². The molecule has 2 heterocycles. The summed E-state index contributed by atoms with van der Waals surface area (Å²) in [5, 5.41) is 4.06. The fourth-order valence-corrected chi connectivity index (χ4v) is 4.54. The fourth-order valence-electron chi connectivity index (χ4n) is 3.49. The van der Waals surface area contributed by atoms with Gasteiger partial charge in [-0.1, -0.05) is 11.3 Å². The lowest BCUT2D eigenvalue weighted by Crippen LogP contribution is -2.48. The van der Waals surface area contributed by atoms with Crippen LogP contribution in [0, 0.1) is 0 Å². The van der Waals surface area contributed by atoms with Gasteiger partial charge in [0.25, 0.3) is 5.91 Å². The van der Waals surface area contributed by atoms with Crippen LogP contribution in [0.5, 0.6) is 11.5 Å². The number of carbonyl (C=O) groups excluding carboxylic acids is 1. The van der Waals surface area contributed by atoms with Gasteiger partial charge in [0, 0.05) is 44.8 Å². The molecule has 0 bridgehead atoms. The molecule has 8 heteroatoms. The van der Waals surface area contributed by atoms with E-state index in [0.29, 0.717) is 12.1 Å². The number of ether oxygens (including phenoxy) is 2. The number of piperazine rings is 1. The fraction of sp³-hybridized carbons (Fsp3) is 0.364. The molecule has 1 aliphatic heterocycles. The Kier molecular flexibility index (Phi) is 6.35. The Labute approximate surface area is 180 Å². The quantitative estimate of drug-likeness (QED) is 0.627. The maximum atomic E-state index is 12.3. The summed E-state index contributed by atoms with van der Waals surface area (Å²) in [6, 6.07) is 13.2. The van der Waals surface area contributed by atoms with E-state index in [-0.39, 0.29) is 5.91 Å². The zero-order valence-electron chi connectivity index (χ0n) is 17.3. The van der Waals surface area contributed by atoms with E-state index in [1.165, 1.54) is 0 Å². The maximum absolute atomic E-state index is 12.3. The molecule has 1 N–H and O–H groups in total. The lowest BCUT2D eigenvalue weighted by Gasteiger charge is -2.34. The molecule has 7 nitrogen and oxygen atoms in total. The van der Waals surface area contributed by atoms with E-state index in [9.17, 15) is 4.79 Å². The number of anilines is 1. The highest BCUT2D eigenvalue weighted by Crippen LogP contribution is 2.31. The molecule has 4 rings (SSSR count). The largest absolute Gasteiger partial charge is 0.497 e. The summed E-state index contributed by atoms with van der Waals surface area (Å²) in [7, 11) is 3.30. The van der Waals surface area contributed by atoms with E-state index < -0.39 is 0 Å². The SMILES string of the molecule is COc1ccc(C(=O)NCCN2CCN(c3nc4ccc(OC)cc4s3)CC2)cc1. The minimum atomic E-state index is -0.0545. The first-order chi connectivity index (χ1) is 14.7. The van der Waals surface area contributed by atoms with Crippen LogP contribution in [-0.4, -0.2) is 69.3 Å². The lowest BCUT2D eigenvalue weighted by molar-refractivity contribution is 0.0947. The van der Waals surface area contributed by atoms with Crippen LogP contribution in [0.4, 0.5) is 5.13 Å². The molecule has 1 saturated heterocycles. The molecule has 0 aliphatic carbocycles. The van der Waals surface area contributed by atoms with Gasteiger partial charge in [-0.15, -0.1) is 0 Å². The van der Waals surface area contributed by atoms with E-state index >= 15 is 0 Å². The maximum Gasteiger partial charge on any atom is 0.251 e. The third-order valence-electron chi connectivity index (χ3n) is 5.29. The van der Waals surface area contributed by atoms with E-state index in [1.807, 2.05) is 18.2 Å². The first kappa shape index (κ1) is 20.4. The van der Waals surface area contributed by atoms with Crippen LogP contribution < -0.4 is 19.7 Å². The zero-order valence-corrected chi connectivity index (χ0v) is 18.1. The van der Waals surface area contributed by atoms with Gasteiger partial charge in [0.2, 0.25) is 0 Å². The number of hydrogen-bond acceptors (Lipinski definition) is 7. The van der Waals surface area contributed by atoms with Crippen LogP contribution in [-0.2, 0) is 0 Å². The number of nitrogens with one attached hydrogen (secondary N) is 1. The minimum absolute atomic E-state index is 0.0545. The van der Waals surface area contributed by atoms with Gasteiger partial charge in [-0.05, 0) is 42.5 Å². The highest BCUT2D eigenvalue weighted by Gasteiger charge is 2.20. The minimum Gasteiger partial charge on any atom is -0.497 e.